The molecule has 0 aromatic heterocycles. The fourth-order valence-corrected chi connectivity index (χ4v) is 2.26. The molecule has 108 valence electrons. The van der Waals surface area contributed by atoms with Crippen LogP contribution in [0, 0.1) is 0 Å². The highest BCUT2D eigenvalue weighted by atomic mass is 35.5. The lowest BCUT2D eigenvalue weighted by molar-refractivity contribution is 0.207. The third-order valence-electron chi connectivity index (χ3n) is 2.13. The number of benzene rings is 1. The molecular weight excluding hydrogens is 315 g/mol. The Hall–Kier alpha value is -0.600. The van der Waals surface area contributed by atoms with Gasteiger partial charge in [0.05, 0.1) is 0 Å². The summed E-state index contributed by atoms with van der Waals surface area (Å²) in [6.07, 6.45) is 0.361. The van der Waals surface area contributed by atoms with E-state index in [1.54, 1.807) is 6.92 Å². The number of phenols is 2. The summed E-state index contributed by atoms with van der Waals surface area (Å²) in [7, 11) is 0. The number of rotatable bonds is 6. The van der Waals surface area contributed by atoms with Crippen molar-refractivity contribution in [3.8, 4) is 17.2 Å². The van der Waals surface area contributed by atoms with E-state index in [-0.39, 0.29) is 22.6 Å². The third-order valence-corrected chi connectivity index (χ3v) is 3.96. The predicted molar refractivity (Wildman–Crippen MR) is 74.2 cm³/mol. The van der Waals surface area contributed by atoms with E-state index in [1.165, 1.54) is 6.07 Å². The van der Waals surface area contributed by atoms with E-state index in [0.717, 1.165) is 6.07 Å². The molecule has 1 rings (SSSR count). The molecule has 6 N–H and O–H groups in total. The first-order valence-electron chi connectivity index (χ1n) is 5.07. The number of phenolic OH excluding ortho intramolecular Hbond substituents is 2. The quantitative estimate of drug-likeness (QED) is 0.353. The van der Waals surface area contributed by atoms with Gasteiger partial charge < -0.3 is 14.7 Å². The zero-order valence-corrected chi connectivity index (χ0v) is 12.4. The van der Waals surface area contributed by atoms with Crippen LogP contribution in [0.4, 0.5) is 0 Å². The van der Waals surface area contributed by atoms with Crippen molar-refractivity contribution >= 4 is 30.1 Å². The Kier molecular flexibility index (Phi) is 5.82. The monoisotopic (exact) mass is 328 g/mol. The van der Waals surface area contributed by atoms with Gasteiger partial charge in [0.15, 0.2) is 11.5 Å². The summed E-state index contributed by atoms with van der Waals surface area (Å²) in [6.45, 7) is -1.63. The zero-order chi connectivity index (χ0) is 14.6. The molecule has 19 heavy (non-hydrogen) atoms. The molecule has 7 nitrogen and oxygen atoms in total. The van der Waals surface area contributed by atoms with Gasteiger partial charge in [0.1, 0.15) is 5.75 Å². The molecule has 10 heteroatoms. The largest absolute Gasteiger partial charge is 0.508 e. The molecule has 0 saturated carbocycles. The maximum Gasteiger partial charge on any atom is 0.414 e. The Balaban J connectivity index is 3.11. The Morgan fingerprint density at radius 2 is 1.89 bits per heavy atom. The van der Waals surface area contributed by atoms with E-state index in [2.05, 4.69) is 9.25 Å². The zero-order valence-electron chi connectivity index (χ0n) is 9.95. The van der Waals surface area contributed by atoms with Gasteiger partial charge in [-0.15, -0.1) is 11.6 Å². The average Bonchev–Trinajstić information content (AvgIpc) is 2.34. The molecule has 0 saturated heterocycles. The molecule has 0 bridgehead atoms. The molecule has 0 aliphatic heterocycles. The predicted octanol–water partition coefficient (Wildman–Crippen LogP) is 1.65. The van der Waals surface area contributed by atoms with Crippen LogP contribution in [0.15, 0.2) is 12.1 Å². The van der Waals surface area contributed by atoms with Crippen molar-refractivity contribution in [1.82, 2.24) is 0 Å². The van der Waals surface area contributed by atoms with E-state index in [9.17, 15) is 10.2 Å². The van der Waals surface area contributed by atoms with Gasteiger partial charge in [-0.2, -0.15) is 0 Å². The van der Waals surface area contributed by atoms with Crippen LogP contribution < -0.4 is 16.3 Å². The molecule has 0 spiro atoms. The number of nitrogens with two attached hydrogens (primary N) is 2. The second-order valence-electron chi connectivity index (χ2n) is 3.68. The van der Waals surface area contributed by atoms with Crippen molar-refractivity contribution in [3.05, 3.63) is 17.7 Å². The molecule has 0 heterocycles. The summed E-state index contributed by atoms with van der Waals surface area (Å²) in [6, 6.07) is 2.46. The Bertz CT molecular complexity index is 494. The van der Waals surface area contributed by atoms with Crippen LogP contribution in [0.1, 0.15) is 12.5 Å². The minimum Gasteiger partial charge on any atom is -0.508 e. The Labute approximate surface area is 120 Å². The second-order valence-corrected chi connectivity index (χ2v) is 7.27. The lowest BCUT2D eigenvalue weighted by atomic mass is 10.1. The number of halogens is 1. The maximum absolute atomic E-state index is 9.67. The molecule has 1 unspecified atom stereocenters. The highest BCUT2D eigenvalue weighted by Gasteiger charge is 2.23. The Morgan fingerprint density at radius 3 is 2.37 bits per heavy atom. The number of hydrogen-bond donors (Lipinski definition) is 4. The van der Waals surface area contributed by atoms with Crippen LogP contribution in [0.2, 0.25) is 0 Å². The molecule has 1 aromatic rings. The molecule has 0 fully saturated rings. The van der Waals surface area contributed by atoms with Gasteiger partial charge in [0.2, 0.25) is 0 Å². The lowest BCUT2D eigenvalue weighted by Crippen LogP contribution is -2.10. The highest BCUT2D eigenvalue weighted by Crippen LogP contribution is 2.49. The third kappa shape index (κ3) is 4.47. The van der Waals surface area contributed by atoms with Crippen molar-refractivity contribution < 1.29 is 24.0 Å². The summed E-state index contributed by atoms with van der Waals surface area (Å²) >= 11 is 10.7. The van der Waals surface area contributed by atoms with E-state index in [1.807, 2.05) is 0 Å². The molecule has 0 radical (unpaired) electrons. The summed E-state index contributed by atoms with van der Waals surface area (Å²) < 4.78 is 13.8. The smallest absolute Gasteiger partial charge is 0.414 e. The van der Waals surface area contributed by atoms with Gasteiger partial charge in [-0.25, -0.2) is 21.0 Å². The number of aromatic hydroxyl groups is 2. The van der Waals surface area contributed by atoms with E-state index >= 15 is 0 Å². The van der Waals surface area contributed by atoms with Crippen LogP contribution >= 0.6 is 18.3 Å². The van der Waals surface area contributed by atoms with Gasteiger partial charge in [-0.1, -0.05) is 0 Å². The first-order chi connectivity index (χ1) is 8.81. The van der Waals surface area contributed by atoms with Crippen molar-refractivity contribution in [2.45, 2.75) is 18.7 Å². The van der Waals surface area contributed by atoms with E-state index < -0.39 is 6.72 Å². The normalized spacial score (nSPS) is 13.3. The molecule has 0 amide bonds. The first kappa shape index (κ1) is 16.5. The molecule has 0 aliphatic rings. The highest BCUT2D eigenvalue weighted by molar-refractivity contribution is 8.07. The average molecular weight is 329 g/mol. The standard InChI is InChI=1S/C9H14ClN2O5PS/c1-5(10)2-6-3-9(8(14)4-7(6)13)15-18(19,16-11)17-12/h3-5,13-14H,2,11-12H2,1H3. The molecule has 1 aromatic carbocycles. The van der Waals surface area contributed by atoms with Gasteiger partial charge in [-0.05, 0) is 25.0 Å². The van der Waals surface area contributed by atoms with Crippen LogP contribution in [0.25, 0.3) is 0 Å². The van der Waals surface area contributed by atoms with Crippen molar-refractivity contribution in [3.63, 3.8) is 0 Å². The minimum atomic E-state index is -3.38. The first-order valence-corrected chi connectivity index (χ1v) is 8.06. The van der Waals surface area contributed by atoms with Crippen LogP contribution in [0.3, 0.4) is 0 Å². The van der Waals surface area contributed by atoms with E-state index in [4.69, 9.17) is 39.7 Å². The number of alkyl halides is 1. The molecule has 0 aliphatic carbocycles. The minimum absolute atomic E-state index is 0.0654. The molecule has 1 atom stereocenters. The van der Waals surface area contributed by atoms with Crippen molar-refractivity contribution in [2.24, 2.45) is 11.8 Å². The van der Waals surface area contributed by atoms with Gasteiger partial charge in [-0.3, -0.25) is 0 Å². The van der Waals surface area contributed by atoms with Gasteiger partial charge in [0.25, 0.3) is 0 Å². The topological polar surface area (TPSA) is 120 Å². The van der Waals surface area contributed by atoms with Crippen molar-refractivity contribution in [2.75, 3.05) is 0 Å². The summed E-state index contributed by atoms with van der Waals surface area (Å²) in [5, 5.41) is 19.1. The van der Waals surface area contributed by atoms with Crippen molar-refractivity contribution in [1.29, 1.82) is 0 Å². The number of hydrogen-bond acceptors (Lipinski definition) is 8. The maximum atomic E-state index is 9.67. The summed E-state index contributed by atoms with van der Waals surface area (Å²) in [5.74, 6) is 9.32. The fraction of sp³-hybridized carbons (Fsp3) is 0.333. The lowest BCUT2D eigenvalue weighted by Gasteiger charge is -2.18. The van der Waals surface area contributed by atoms with Crippen LogP contribution in [0.5, 0.6) is 17.2 Å². The summed E-state index contributed by atoms with van der Waals surface area (Å²) in [4.78, 5) is 0. The second kappa shape index (κ2) is 6.71. The molecular formula is C9H14ClN2O5PS. The fourth-order valence-electron chi connectivity index (χ4n) is 1.33. The van der Waals surface area contributed by atoms with Crippen LogP contribution in [-0.2, 0) is 27.5 Å². The summed E-state index contributed by atoms with van der Waals surface area (Å²) in [5.41, 5.74) is 0.464. The van der Waals surface area contributed by atoms with E-state index in [0.29, 0.717) is 12.0 Å². The van der Waals surface area contributed by atoms with Gasteiger partial charge >= 0.3 is 6.72 Å². The SMILES string of the molecule is CC(Cl)Cc1cc(OP(=S)(ON)ON)c(O)cc1O. The van der Waals surface area contributed by atoms with Crippen LogP contribution in [-0.4, -0.2) is 15.6 Å². The van der Waals surface area contributed by atoms with Gasteiger partial charge in [0, 0.05) is 23.3 Å². The Morgan fingerprint density at radius 1 is 1.32 bits per heavy atom.